The Labute approximate surface area is 114 Å². The van der Waals surface area contributed by atoms with Crippen LogP contribution in [0.1, 0.15) is 12.0 Å². The fourth-order valence-corrected chi connectivity index (χ4v) is 1.68. The van der Waals surface area contributed by atoms with Crippen molar-refractivity contribution < 1.29 is 14.3 Å². The first-order valence-corrected chi connectivity index (χ1v) is 6.23. The average Bonchev–Trinajstić information content (AvgIpc) is 2.40. The Morgan fingerprint density at radius 2 is 2.11 bits per heavy atom. The lowest BCUT2D eigenvalue weighted by Crippen LogP contribution is -2.23. The molecule has 0 unspecified atom stereocenters. The molecule has 1 N–H and O–H groups in total. The highest BCUT2D eigenvalue weighted by molar-refractivity contribution is 5.75. The van der Waals surface area contributed by atoms with Crippen LogP contribution in [0.2, 0.25) is 0 Å². The van der Waals surface area contributed by atoms with Gasteiger partial charge in [-0.05, 0) is 13.1 Å². The minimum absolute atomic E-state index is 0.0464. The lowest BCUT2D eigenvalue weighted by atomic mass is 10.2. The molecule has 106 valence electrons. The molecular weight excluding hydrogens is 244 g/mol. The standard InChI is InChI=1S/C14H22N2O3/c1-15-10-11-6-5-7-12(18-4)14(11)19-9-8-13(17)16(2)3/h5-7,15H,8-10H2,1-4H3. The van der Waals surface area contributed by atoms with Crippen LogP contribution in [0.4, 0.5) is 0 Å². The summed E-state index contributed by atoms with van der Waals surface area (Å²) in [6.07, 6.45) is 0.351. The number of nitrogens with one attached hydrogen (secondary N) is 1. The summed E-state index contributed by atoms with van der Waals surface area (Å²) >= 11 is 0. The van der Waals surface area contributed by atoms with Crippen LogP contribution in [0.15, 0.2) is 18.2 Å². The lowest BCUT2D eigenvalue weighted by Gasteiger charge is -2.16. The van der Waals surface area contributed by atoms with E-state index in [0.29, 0.717) is 31.1 Å². The van der Waals surface area contributed by atoms with Crippen molar-refractivity contribution in [2.24, 2.45) is 0 Å². The van der Waals surface area contributed by atoms with Gasteiger partial charge in [-0.3, -0.25) is 4.79 Å². The molecule has 0 aliphatic carbocycles. The molecule has 0 aromatic heterocycles. The molecule has 1 amide bonds. The monoisotopic (exact) mass is 266 g/mol. The first-order valence-electron chi connectivity index (χ1n) is 6.23. The molecule has 5 heteroatoms. The molecule has 0 saturated heterocycles. The molecule has 0 spiro atoms. The number of para-hydroxylation sites is 1. The van der Waals surface area contributed by atoms with Crippen molar-refractivity contribution in [1.82, 2.24) is 10.2 Å². The topological polar surface area (TPSA) is 50.8 Å². The highest BCUT2D eigenvalue weighted by Crippen LogP contribution is 2.31. The second-order valence-corrected chi connectivity index (χ2v) is 4.37. The number of methoxy groups -OCH3 is 1. The number of carbonyl (C=O) groups is 1. The van der Waals surface area contributed by atoms with Crippen molar-refractivity contribution in [2.45, 2.75) is 13.0 Å². The van der Waals surface area contributed by atoms with E-state index >= 15 is 0 Å². The van der Waals surface area contributed by atoms with Crippen LogP contribution in [0.25, 0.3) is 0 Å². The molecule has 1 aromatic carbocycles. The summed E-state index contributed by atoms with van der Waals surface area (Å²) in [5.41, 5.74) is 1.01. The van der Waals surface area contributed by atoms with E-state index in [2.05, 4.69) is 5.32 Å². The second kappa shape index (κ2) is 7.63. The van der Waals surface area contributed by atoms with Gasteiger partial charge in [0.05, 0.1) is 20.1 Å². The Morgan fingerprint density at radius 3 is 2.68 bits per heavy atom. The summed E-state index contributed by atoms with van der Waals surface area (Å²) in [5, 5.41) is 3.08. The predicted molar refractivity (Wildman–Crippen MR) is 74.6 cm³/mol. The van der Waals surface area contributed by atoms with Crippen LogP contribution < -0.4 is 14.8 Å². The largest absolute Gasteiger partial charge is 0.493 e. The average molecular weight is 266 g/mol. The first-order chi connectivity index (χ1) is 9.10. The number of nitrogens with zero attached hydrogens (tertiary/aromatic N) is 1. The molecule has 0 atom stereocenters. The predicted octanol–water partition coefficient (Wildman–Crippen LogP) is 1.27. The third-order valence-electron chi connectivity index (χ3n) is 2.71. The Morgan fingerprint density at radius 1 is 1.37 bits per heavy atom. The van der Waals surface area contributed by atoms with Gasteiger partial charge < -0.3 is 19.7 Å². The molecule has 0 fully saturated rings. The normalized spacial score (nSPS) is 10.1. The van der Waals surface area contributed by atoms with Crippen molar-refractivity contribution in [3.05, 3.63) is 23.8 Å². The Kier molecular flexibility index (Phi) is 6.15. The quantitative estimate of drug-likeness (QED) is 0.807. The van der Waals surface area contributed by atoms with Gasteiger partial charge in [-0.1, -0.05) is 12.1 Å². The van der Waals surface area contributed by atoms with Crippen molar-refractivity contribution in [2.75, 3.05) is 34.9 Å². The number of ether oxygens (including phenoxy) is 2. The summed E-state index contributed by atoms with van der Waals surface area (Å²) in [6.45, 7) is 1.03. The van der Waals surface area contributed by atoms with Crippen molar-refractivity contribution in [3.63, 3.8) is 0 Å². The second-order valence-electron chi connectivity index (χ2n) is 4.37. The van der Waals surface area contributed by atoms with Crippen LogP contribution in [0.3, 0.4) is 0 Å². The lowest BCUT2D eigenvalue weighted by molar-refractivity contribution is -0.129. The van der Waals surface area contributed by atoms with Gasteiger partial charge in [0.1, 0.15) is 0 Å². The highest BCUT2D eigenvalue weighted by Gasteiger charge is 2.11. The van der Waals surface area contributed by atoms with Gasteiger partial charge in [0.25, 0.3) is 0 Å². The maximum atomic E-state index is 11.5. The van der Waals surface area contributed by atoms with Crippen molar-refractivity contribution in [3.8, 4) is 11.5 Å². The number of amides is 1. The maximum absolute atomic E-state index is 11.5. The third kappa shape index (κ3) is 4.44. The zero-order valence-electron chi connectivity index (χ0n) is 12.0. The molecule has 0 saturated carbocycles. The Bertz CT molecular complexity index is 419. The SMILES string of the molecule is CNCc1cccc(OC)c1OCCC(=O)N(C)C. The van der Waals surface area contributed by atoms with Gasteiger partial charge in [-0.2, -0.15) is 0 Å². The minimum atomic E-state index is 0.0464. The summed E-state index contributed by atoms with van der Waals surface area (Å²) in [6, 6.07) is 5.74. The van der Waals surface area contributed by atoms with E-state index in [1.807, 2.05) is 25.2 Å². The first kappa shape index (κ1) is 15.3. The van der Waals surface area contributed by atoms with Gasteiger partial charge in [-0.25, -0.2) is 0 Å². The van der Waals surface area contributed by atoms with Crippen molar-refractivity contribution in [1.29, 1.82) is 0 Å². The van der Waals surface area contributed by atoms with Crippen LogP contribution in [-0.4, -0.2) is 45.7 Å². The van der Waals surface area contributed by atoms with E-state index in [1.54, 1.807) is 26.1 Å². The molecule has 1 rings (SSSR count). The third-order valence-corrected chi connectivity index (χ3v) is 2.71. The van der Waals surface area contributed by atoms with Crippen LogP contribution in [0.5, 0.6) is 11.5 Å². The van der Waals surface area contributed by atoms with Gasteiger partial charge in [0.15, 0.2) is 11.5 Å². The number of rotatable bonds is 7. The van der Waals surface area contributed by atoms with E-state index in [0.717, 1.165) is 5.56 Å². The fraction of sp³-hybridized carbons (Fsp3) is 0.500. The van der Waals surface area contributed by atoms with E-state index in [-0.39, 0.29) is 5.91 Å². The van der Waals surface area contributed by atoms with Gasteiger partial charge >= 0.3 is 0 Å². The zero-order valence-corrected chi connectivity index (χ0v) is 12.0. The summed E-state index contributed by atoms with van der Waals surface area (Å²) < 4.78 is 11.0. The van der Waals surface area contributed by atoms with Gasteiger partial charge in [0.2, 0.25) is 5.91 Å². The molecule has 19 heavy (non-hydrogen) atoms. The number of hydrogen-bond donors (Lipinski definition) is 1. The Balaban J connectivity index is 2.72. The summed E-state index contributed by atoms with van der Waals surface area (Å²) in [5.74, 6) is 1.43. The highest BCUT2D eigenvalue weighted by atomic mass is 16.5. The summed E-state index contributed by atoms with van der Waals surface area (Å²) in [4.78, 5) is 13.1. The number of benzene rings is 1. The number of carbonyl (C=O) groups excluding carboxylic acids is 1. The Hall–Kier alpha value is -1.75. The molecule has 5 nitrogen and oxygen atoms in total. The summed E-state index contributed by atoms with van der Waals surface area (Å²) in [7, 11) is 6.95. The van der Waals surface area contributed by atoms with E-state index in [1.165, 1.54) is 0 Å². The molecule has 0 aliphatic heterocycles. The zero-order chi connectivity index (χ0) is 14.3. The van der Waals surface area contributed by atoms with E-state index < -0.39 is 0 Å². The smallest absolute Gasteiger partial charge is 0.225 e. The molecule has 0 bridgehead atoms. The van der Waals surface area contributed by atoms with Crippen LogP contribution in [-0.2, 0) is 11.3 Å². The van der Waals surface area contributed by atoms with E-state index in [4.69, 9.17) is 9.47 Å². The molecule has 0 radical (unpaired) electrons. The molecule has 0 aliphatic rings. The molecule has 1 aromatic rings. The number of hydrogen-bond acceptors (Lipinski definition) is 4. The molecule has 0 heterocycles. The van der Waals surface area contributed by atoms with Crippen LogP contribution in [0, 0.1) is 0 Å². The molecular formula is C14H22N2O3. The van der Waals surface area contributed by atoms with Gasteiger partial charge in [0, 0.05) is 26.2 Å². The van der Waals surface area contributed by atoms with Gasteiger partial charge in [-0.15, -0.1) is 0 Å². The maximum Gasteiger partial charge on any atom is 0.225 e. The fourth-order valence-electron chi connectivity index (χ4n) is 1.68. The van der Waals surface area contributed by atoms with Crippen LogP contribution >= 0.6 is 0 Å². The van der Waals surface area contributed by atoms with E-state index in [9.17, 15) is 4.79 Å². The minimum Gasteiger partial charge on any atom is -0.493 e. The van der Waals surface area contributed by atoms with Crippen molar-refractivity contribution >= 4 is 5.91 Å².